The number of carbonyl (C=O) groups is 3. The maximum absolute atomic E-state index is 12.8. The van der Waals surface area contributed by atoms with Crippen molar-refractivity contribution in [2.24, 2.45) is 0 Å². The molecule has 2 amide bonds. The molecule has 1 saturated heterocycles. The Hall–Kier alpha value is -2.81. The number of aryl methyl sites for hydroxylation is 1. The van der Waals surface area contributed by atoms with Crippen molar-refractivity contribution >= 4 is 41.1 Å². The van der Waals surface area contributed by atoms with E-state index in [2.05, 4.69) is 10.5 Å². The Morgan fingerprint density at radius 1 is 1.42 bits per heavy atom. The number of nitrogens with zero attached hydrogens (tertiary/aromatic N) is 2. The van der Waals surface area contributed by atoms with Crippen LogP contribution in [0.1, 0.15) is 18.6 Å². The third kappa shape index (κ3) is 2.64. The lowest BCUT2D eigenvalue weighted by Crippen LogP contribution is -2.48. The molecule has 0 radical (unpaired) electrons. The van der Waals surface area contributed by atoms with Gasteiger partial charge in [-0.1, -0.05) is 29.1 Å². The molecule has 0 bridgehead atoms. The Morgan fingerprint density at radius 2 is 2.23 bits per heavy atom. The van der Waals surface area contributed by atoms with Crippen LogP contribution in [-0.4, -0.2) is 34.4 Å². The second-order valence-electron chi connectivity index (χ2n) is 6.03. The van der Waals surface area contributed by atoms with Gasteiger partial charge in [-0.3, -0.25) is 14.5 Å². The Labute approximate surface area is 152 Å². The highest BCUT2D eigenvalue weighted by Crippen LogP contribution is 2.56. The van der Waals surface area contributed by atoms with Gasteiger partial charge in [0.05, 0.1) is 5.69 Å². The second-order valence-corrected chi connectivity index (χ2v) is 7.35. The molecule has 9 heteroatoms. The molecular formula is C17H15N3O5S. The van der Waals surface area contributed by atoms with Crippen molar-refractivity contribution in [3.63, 3.8) is 0 Å². The van der Waals surface area contributed by atoms with Crippen molar-refractivity contribution in [2.75, 3.05) is 16.8 Å². The van der Waals surface area contributed by atoms with Crippen molar-refractivity contribution in [1.29, 1.82) is 0 Å². The number of fused-ring (bicyclic) bond motifs is 3. The molecule has 4 rings (SSSR count). The smallest absolute Gasteiger partial charge is 0.344 e. The monoisotopic (exact) mass is 373 g/mol. The summed E-state index contributed by atoms with van der Waals surface area (Å²) in [5.74, 6) is -0.448. The average Bonchev–Trinajstić information content (AvgIpc) is 3.27. The maximum atomic E-state index is 12.8. The first-order valence-corrected chi connectivity index (χ1v) is 8.83. The minimum absolute atomic E-state index is 0.123. The third-order valence-electron chi connectivity index (χ3n) is 4.22. The van der Waals surface area contributed by atoms with E-state index in [-0.39, 0.29) is 18.1 Å². The van der Waals surface area contributed by atoms with Gasteiger partial charge in [-0.05, 0) is 19.1 Å². The van der Waals surface area contributed by atoms with Gasteiger partial charge in [-0.25, -0.2) is 4.79 Å². The SMILES string of the molecule is Cc1cc(NC(=O)COC(=O)[C@]23CCC(=O)N2c2ccccc2S3)no1. The van der Waals surface area contributed by atoms with Gasteiger partial charge < -0.3 is 14.6 Å². The zero-order valence-corrected chi connectivity index (χ0v) is 14.7. The van der Waals surface area contributed by atoms with Crippen LogP contribution in [0.25, 0.3) is 0 Å². The molecule has 2 aromatic rings. The molecular weight excluding hydrogens is 358 g/mol. The Balaban J connectivity index is 1.46. The van der Waals surface area contributed by atoms with Gasteiger partial charge >= 0.3 is 5.97 Å². The highest BCUT2D eigenvalue weighted by molar-refractivity contribution is 8.02. The second kappa shape index (κ2) is 6.17. The topological polar surface area (TPSA) is 102 Å². The summed E-state index contributed by atoms with van der Waals surface area (Å²) in [4.78, 5) is 38.3. The zero-order chi connectivity index (χ0) is 18.3. The van der Waals surface area contributed by atoms with Crippen LogP contribution >= 0.6 is 11.8 Å². The van der Waals surface area contributed by atoms with E-state index in [9.17, 15) is 14.4 Å². The fourth-order valence-electron chi connectivity index (χ4n) is 3.12. The summed E-state index contributed by atoms with van der Waals surface area (Å²) in [5.41, 5.74) is 0.708. The molecule has 0 aliphatic carbocycles. The number of para-hydroxylation sites is 1. The lowest BCUT2D eigenvalue weighted by Gasteiger charge is -2.28. The van der Waals surface area contributed by atoms with Crippen LogP contribution in [0.4, 0.5) is 11.5 Å². The van der Waals surface area contributed by atoms with E-state index in [1.165, 1.54) is 16.7 Å². The van der Waals surface area contributed by atoms with Crippen molar-refractivity contribution in [3.05, 3.63) is 36.1 Å². The first-order chi connectivity index (χ1) is 12.5. The summed E-state index contributed by atoms with van der Waals surface area (Å²) in [6, 6.07) is 8.89. The van der Waals surface area contributed by atoms with Gasteiger partial charge in [-0.15, -0.1) is 0 Å². The van der Waals surface area contributed by atoms with Crippen LogP contribution in [0, 0.1) is 6.92 Å². The predicted molar refractivity (Wildman–Crippen MR) is 92.6 cm³/mol. The number of hydrogen-bond acceptors (Lipinski definition) is 7. The molecule has 1 N–H and O–H groups in total. The Bertz CT molecular complexity index is 911. The van der Waals surface area contributed by atoms with Crippen LogP contribution in [0.5, 0.6) is 0 Å². The quantitative estimate of drug-likeness (QED) is 0.819. The number of esters is 1. The Morgan fingerprint density at radius 3 is 3.00 bits per heavy atom. The number of benzene rings is 1. The van der Waals surface area contributed by atoms with Crippen LogP contribution in [0.15, 0.2) is 39.8 Å². The van der Waals surface area contributed by atoms with Crippen LogP contribution in [0.3, 0.4) is 0 Å². The summed E-state index contributed by atoms with van der Waals surface area (Å²) in [6.45, 7) is 1.23. The van der Waals surface area contributed by atoms with Crippen molar-refractivity contribution in [3.8, 4) is 0 Å². The van der Waals surface area contributed by atoms with Crippen LogP contribution < -0.4 is 10.2 Å². The average molecular weight is 373 g/mol. The molecule has 1 atom stereocenters. The number of nitrogens with one attached hydrogen (secondary N) is 1. The third-order valence-corrected chi connectivity index (χ3v) is 5.68. The van der Waals surface area contributed by atoms with Gasteiger partial charge in [-0.2, -0.15) is 0 Å². The van der Waals surface area contributed by atoms with Crippen LogP contribution in [-0.2, 0) is 19.1 Å². The fraction of sp³-hybridized carbons (Fsp3) is 0.294. The standard InChI is InChI=1S/C17H15N3O5S/c1-10-8-13(19-25-10)18-14(21)9-24-16(23)17-7-6-15(22)20(17)11-4-2-3-5-12(11)26-17/h2-5,8H,6-7,9H2,1H3,(H,18,19,21)/t17-/m1/s1. The molecule has 0 unspecified atom stereocenters. The summed E-state index contributed by atoms with van der Waals surface area (Å²) in [7, 11) is 0. The first kappa shape index (κ1) is 16.6. The number of carbonyl (C=O) groups excluding carboxylic acids is 3. The number of aromatic nitrogens is 1. The minimum atomic E-state index is -1.13. The van der Waals surface area contributed by atoms with Gasteiger partial charge in [0, 0.05) is 23.8 Å². The van der Waals surface area contributed by atoms with E-state index in [0.29, 0.717) is 17.9 Å². The molecule has 0 spiro atoms. The molecule has 0 saturated carbocycles. The number of thioether (sulfide) groups is 1. The van der Waals surface area contributed by atoms with Crippen LogP contribution in [0.2, 0.25) is 0 Å². The first-order valence-electron chi connectivity index (χ1n) is 8.01. The number of ether oxygens (including phenoxy) is 1. The summed E-state index contributed by atoms with van der Waals surface area (Å²) in [6.07, 6.45) is 0.606. The number of hydrogen-bond donors (Lipinski definition) is 1. The molecule has 2 aliphatic heterocycles. The number of rotatable bonds is 4. The number of anilines is 2. The van der Waals surface area contributed by atoms with Gasteiger partial charge in [0.25, 0.3) is 5.91 Å². The zero-order valence-electron chi connectivity index (χ0n) is 13.9. The molecule has 8 nitrogen and oxygen atoms in total. The number of amides is 2. The highest BCUT2D eigenvalue weighted by Gasteiger charge is 2.58. The molecule has 134 valence electrons. The largest absolute Gasteiger partial charge is 0.453 e. The van der Waals surface area contributed by atoms with Gasteiger partial charge in [0.2, 0.25) is 5.91 Å². The molecule has 26 heavy (non-hydrogen) atoms. The van der Waals surface area contributed by atoms with E-state index < -0.39 is 23.4 Å². The highest BCUT2D eigenvalue weighted by atomic mass is 32.2. The van der Waals surface area contributed by atoms with Crippen molar-refractivity contribution < 1.29 is 23.6 Å². The molecule has 1 aromatic heterocycles. The lowest BCUT2D eigenvalue weighted by atomic mass is 10.2. The minimum Gasteiger partial charge on any atom is -0.453 e. The van der Waals surface area contributed by atoms with E-state index in [0.717, 1.165) is 4.90 Å². The van der Waals surface area contributed by atoms with Gasteiger partial charge in [0.1, 0.15) is 5.76 Å². The maximum Gasteiger partial charge on any atom is 0.344 e. The molecule has 1 fully saturated rings. The summed E-state index contributed by atoms with van der Waals surface area (Å²) in [5, 5.41) is 6.13. The lowest BCUT2D eigenvalue weighted by molar-refractivity contribution is -0.149. The van der Waals surface area contributed by atoms with E-state index in [1.807, 2.05) is 18.2 Å². The normalized spacial score (nSPS) is 20.7. The Kier molecular flexibility index (Phi) is 3.95. The predicted octanol–water partition coefficient (Wildman–Crippen LogP) is 2.09. The molecule has 2 aliphatic rings. The molecule has 3 heterocycles. The molecule has 1 aromatic carbocycles. The van der Waals surface area contributed by atoms with E-state index >= 15 is 0 Å². The van der Waals surface area contributed by atoms with Crippen molar-refractivity contribution in [2.45, 2.75) is 29.5 Å². The fourth-order valence-corrected chi connectivity index (χ4v) is 4.53. The van der Waals surface area contributed by atoms with E-state index in [1.54, 1.807) is 19.1 Å². The summed E-state index contributed by atoms with van der Waals surface area (Å²) < 4.78 is 10.1. The van der Waals surface area contributed by atoms with Crippen molar-refractivity contribution in [1.82, 2.24) is 5.16 Å². The van der Waals surface area contributed by atoms with E-state index in [4.69, 9.17) is 9.26 Å². The van der Waals surface area contributed by atoms with Gasteiger partial charge in [0.15, 0.2) is 17.3 Å². The summed E-state index contributed by atoms with van der Waals surface area (Å²) >= 11 is 1.30.